The number of rotatable bonds is 2. The molecule has 0 radical (unpaired) electrons. The van der Waals surface area contributed by atoms with Crippen LogP contribution in [-0.4, -0.2) is 30.8 Å². The Hall–Kier alpha value is -1.05. The molecule has 1 aromatic heterocycles. The molecule has 1 aromatic rings. The van der Waals surface area contributed by atoms with Gasteiger partial charge in [-0.05, 0) is 24.8 Å². The van der Waals surface area contributed by atoms with Crippen molar-refractivity contribution in [1.82, 2.24) is 9.29 Å². The van der Waals surface area contributed by atoms with Crippen molar-refractivity contribution < 1.29 is 12.8 Å². The Morgan fingerprint density at radius 1 is 1.41 bits per heavy atom. The van der Waals surface area contributed by atoms with Gasteiger partial charge in [-0.1, -0.05) is 6.07 Å². The van der Waals surface area contributed by atoms with Crippen LogP contribution in [0.1, 0.15) is 24.3 Å². The third kappa shape index (κ3) is 2.80. The summed E-state index contributed by atoms with van der Waals surface area (Å²) >= 11 is 0. The molecule has 5 nitrogen and oxygen atoms in total. The van der Waals surface area contributed by atoms with Crippen LogP contribution in [0.25, 0.3) is 0 Å². The Morgan fingerprint density at radius 3 is 2.59 bits per heavy atom. The summed E-state index contributed by atoms with van der Waals surface area (Å²) in [5.74, 6) is -0.455. The monoisotopic (exact) mass is 259 g/mol. The standard InChI is InChI=1S/C10H14FN3O2S/c11-10-9(2-1-5-13-10)8-3-6-14(7-4-8)17(12,15)16/h1-2,5,8H,3-4,6-7H2,(H2,12,15,16). The summed E-state index contributed by atoms with van der Waals surface area (Å²) in [4.78, 5) is 3.60. The predicted octanol–water partition coefficient (Wildman–Crippen LogP) is 0.604. The molecule has 1 aliphatic rings. The molecule has 17 heavy (non-hydrogen) atoms. The molecule has 0 saturated carbocycles. The molecule has 0 aliphatic carbocycles. The molecule has 0 aromatic carbocycles. The largest absolute Gasteiger partial charge is 0.276 e. The van der Waals surface area contributed by atoms with Gasteiger partial charge in [-0.2, -0.15) is 17.1 Å². The van der Waals surface area contributed by atoms with E-state index >= 15 is 0 Å². The van der Waals surface area contributed by atoms with E-state index in [9.17, 15) is 12.8 Å². The van der Waals surface area contributed by atoms with Crippen LogP contribution < -0.4 is 5.14 Å². The van der Waals surface area contributed by atoms with Crippen molar-refractivity contribution in [2.75, 3.05) is 13.1 Å². The van der Waals surface area contributed by atoms with Crippen molar-refractivity contribution in [2.24, 2.45) is 5.14 Å². The minimum Gasteiger partial charge on any atom is -0.228 e. The van der Waals surface area contributed by atoms with Gasteiger partial charge in [-0.15, -0.1) is 0 Å². The summed E-state index contributed by atoms with van der Waals surface area (Å²) in [7, 11) is -3.62. The summed E-state index contributed by atoms with van der Waals surface area (Å²) in [6, 6.07) is 3.38. The molecule has 94 valence electrons. The van der Waals surface area contributed by atoms with E-state index in [1.165, 1.54) is 10.5 Å². The molecule has 0 bridgehead atoms. The molecular formula is C10H14FN3O2S. The number of nitrogens with zero attached hydrogens (tertiary/aromatic N) is 2. The van der Waals surface area contributed by atoms with Gasteiger partial charge in [0.2, 0.25) is 5.95 Å². The number of halogens is 1. The fourth-order valence-corrected chi connectivity index (χ4v) is 2.84. The van der Waals surface area contributed by atoms with Gasteiger partial charge >= 0.3 is 0 Å². The summed E-state index contributed by atoms with van der Waals surface area (Å²) in [6.45, 7) is 0.662. The van der Waals surface area contributed by atoms with Crippen LogP contribution in [0.4, 0.5) is 4.39 Å². The predicted molar refractivity (Wildman–Crippen MR) is 60.9 cm³/mol. The zero-order valence-electron chi connectivity index (χ0n) is 9.21. The SMILES string of the molecule is NS(=O)(=O)N1CCC(c2cccnc2F)CC1. The molecule has 0 amide bonds. The summed E-state index contributed by atoms with van der Waals surface area (Å²) in [6.07, 6.45) is 2.54. The van der Waals surface area contributed by atoms with E-state index in [0.29, 0.717) is 31.5 Å². The molecular weight excluding hydrogens is 245 g/mol. The lowest BCUT2D eigenvalue weighted by Gasteiger charge is -2.29. The van der Waals surface area contributed by atoms with Crippen molar-refractivity contribution in [3.05, 3.63) is 29.8 Å². The lowest BCUT2D eigenvalue weighted by Crippen LogP contribution is -2.41. The molecule has 2 rings (SSSR count). The van der Waals surface area contributed by atoms with Gasteiger partial charge < -0.3 is 0 Å². The second kappa shape index (κ2) is 4.67. The van der Waals surface area contributed by atoms with Gasteiger partial charge in [-0.25, -0.2) is 10.1 Å². The van der Waals surface area contributed by atoms with Crippen molar-refractivity contribution in [3.63, 3.8) is 0 Å². The van der Waals surface area contributed by atoms with Crippen LogP contribution >= 0.6 is 0 Å². The average Bonchev–Trinajstić information content (AvgIpc) is 2.29. The van der Waals surface area contributed by atoms with Gasteiger partial charge in [-0.3, -0.25) is 0 Å². The molecule has 0 atom stereocenters. The zero-order valence-corrected chi connectivity index (χ0v) is 10.0. The average molecular weight is 259 g/mol. The van der Waals surface area contributed by atoms with Crippen LogP contribution in [0.2, 0.25) is 0 Å². The van der Waals surface area contributed by atoms with E-state index < -0.39 is 16.2 Å². The fraction of sp³-hybridized carbons (Fsp3) is 0.500. The minimum absolute atomic E-state index is 0.0155. The van der Waals surface area contributed by atoms with Crippen LogP contribution in [0.3, 0.4) is 0 Å². The number of aromatic nitrogens is 1. The van der Waals surface area contributed by atoms with Crippen LogP contribution in [0.15, 0.2) is 18.3 Å². The van der Waals surface area contributed by atoms with Gasteiger partial charge in [0.15, 0.2) is 0 Å². The molecule has 1 fully saturated rings. The van der Waals surface area contributed by atoms with E-state index in [-0.39, 0.29) is 5.92 Å². The zero-order chi connectivity index (χ0) is 12.5. The van der Waals surface area contributed by atoms with Gasteiger partial charge in [0, 0.05) is 24.8 Å². The Morgan fingerprint density at radius 2 is 2.06 bits per heavy atom. The summed E-state index contributed by atoms with van der Waals surface area (Å²) < 4.78 is 36.9. The van der Waals surface area contributed by atoms with Crippen molar-refractivity contribution in [1.29, 1.82) is 0 Å². The second-order valence-corrected chi connectivity index (χ2v) is 5.65. The topological polar surface area (TPSA) is 76.3 Å². The van der Waals surface area contributed by atoms with Crippen molar-refractivity contribution >= 4 is 10.2 Å². The normalized spacial score (nSPS) is 19.4. The van der Waals surface area contributed by atoms with Gasteiger partial charge in [0.1, 0.15) is 0 Å². The Bertz CT molecular complexity index is 498. The first-order valence-electron chi connectivity index (χ1n) is 5.37. The molecule has 2 N–H and O–H groups in total. The highest BCUT2D eigenvalue weighted by Crippen LogP contribution is 2.29. The van der Waals surface area contributed by atoms with Gasteiger partial charge in [0.05, 0.1) is 0 Å². The number of piperidine rings is 1. The van der Waals surface area contributed by atoms with E-state index in [1.54, 1.807) is 12.1 Å². The van der Waals surface area contributed by atoms with Crippen molar-refractivity contribution in [2.45, 2.75) is 18.8 Å². The first kappa shape index (κ1) is 12.4. The maximum Gasteiger partial charge on any atom is 0.276 e. The number of hydrogen-bond donors (Lipinski definition) is 1. The minimum atomic E-state index is -3.62. The Balaban J connectivity index is 2.08. The molecule has 1 aliphatic heterocycles. The number of nitrogens with two attached hydrogens (primary N) is 1. The highest BCUT2D eigenvalue weighted by molar-refractivity contribution is 7.86. The molecule has 7 heteroatoms. The first-order valence-corrected chi connectivity index (χ1v) is 6.87. The molecule has 0 spiro atoms. The Labute approximate surface area is 99.6 Å². The summed E-state index contributed by atoms with van der Waals surface area (Å²) in [5, 5.41) is 5.04. The smallest absolute Gasteiger partial charge is 0.228 e. The lowest BCUT2D eigenvalue weighted by atomic mass is 9.91. The van der Waals surface area contributed by atoms with E-state index in [4.69, 9.17) is 5.14 Å². The Kier molecular flexibility index (Phi) is 3.41. The maximum absolute atomic E-state index is 13.4. The lowest BCUT2D eigenvalue weighted by molar-refractivity contribution is 0.315. The van der Waals surface area contributed by atoms with Crippen LogP contribution in [-0.2, 0) is 10.2 Å². The maximum atomic E-state index is 13.4. The molecule has 2 heterocycles. The third-order valence-electron chi connectivity index (χ3n) is 3.04. The van der Waals surface area contributed by atoms with Gasteiger partial charge in [0.25, 0.3) is 10.2 Å². The van der Waals surface area contributed by atoms with Crippen molar-refractivity contribution in [3.8, 4) is 0 Å². The number of pyridine rings is 1. The first-order chi connectivity index (χ1) is 7.98. The quantitative estimate of drug-likeness (QED) is 0.790. The summed E-state index contributed by atoms with van der Waals surface area (Å²) in [5.41, 5.74) is 0.557. The van der Waals surface area contributed by atoms with Crippen LogP contribution in [0, 0.1) is 5.95 Å². The van der Waals surface area contributed by atoms with E-state index in [0.717, 1.165) is 0 Å². The molecule has 1 saturated heterocycles. The second-order valence-electron chi connectivity index (χ2n) is 4.10. The highest BCUT2D eigenvalue weighted by Gasteiger charge is 2.27. The highest BCUT2D eigenvalue weighted by atomic mass is 32.2. The fourth-order valence-electron chi connectivity index (χ4n) is 2.12. The number of hydrogen-bond acceptors (Lipinski definition) is 3. The van der Waals surface area contributed by atoms with E-state index in [2.05, 4.69) is 4.98 Å². The van der Waals surface area contributed by atoms with Crippen LogP contribution in [0.5, 0.6) is 0 Å². The third-order valence-corrected chi connectivity index (χ3v) is 4.13. The van der Waals surface area contributed by atoms with E-state index in [1.807, 2.05) is 0 Å². The molecule has 0 unspecified atom stereocenters.